The summed E-state index contributed by atoms with van der Waals surface area (Å²) in [5, 5.41) is 0.412. The molecule has 0 fully saturated rings. The Balaban J connectivity index is 1.87. The Bertz CT molecular complexity index is 1220. The van der Waals surface area contributed by atoms with Crippen molar-refractivity contribution in [3.63, 3.8) is 0 Å². The van der Waals surface area contributed by atoms with Crippen LogP contribution in [-0.2, 0) is 13.1 Å². The van der Waals surface area contributed by atoms with Crippen molar-refractivity contribution >= 4 is 33.8 Å². The zero-order valence-corrected chi connectivity index (χ0v) is 16.9. The summed E-state index contributed by atoms with van der Waals surface area (Å²) in [6.07, 6.45) is 2.38. The van der Waals surface area contributed by atoms with Crippen LogP contribution in [-0.4, -0.2) is 24.1 Å². The smallest absolute Gasteiger partial charge is 0.269 e. The number of nitrogens with zero attached hydrogens (tertiary/aromatic N) is 5. The number of imidazole rings is 1. The third kappa shape index (κ3) is 3.52. The zero-order valence-electron chi connectivity index (χ0n) is 16.2. The van der Waals surface area contributed by atoms with E-state index in [0.717, 1.165) is 40.9 Å². The van der Waals surface area contributed by atoms with Crippen molar-refractivity contribution in [2.75, 3.05) is 0 Å². The molecule has 3 aromatic heterocycles. The molecule has 4 rings (SSSR count). The van der Waals surface area contributed by atoms with Gasteiger partial charge in [0.15, 0.2) is 5.65 Å². The van der Waals surface area contributed by atoms with Crippen molar-refractivity contribution in [1.82, 2.24) is 24.1 Å². The van der Waals surface area contributed by atoms with Crippen LogP contribution in [0.15, 0.2) is 41.3 Å². The van der Waals surface area contributed by atoms with Crippen molar-refractivity contribution in [2.24, 2.45) is 5.92 Å². The van der Waals surface area contributed by atoms with Gasteiger partial charge in [-0.1, -0.05) is 31.5 Å². The Morgan fingerprint density at radius 3 is 2.68 bits per heavy atom. The molecule has 3 heterocycles. The molecule has 4 aromatic rings. The van der Waals surface area contributed by atoms with Gasteiger partial charge in [-0.15, -0.1) is 0 Å². The lowest BCUT2D eigenvalue weighted by Crippen LogP contribution is -2.23. The zero-order chi connectivity index (χ0) is 19.8. The first-order valence-corrected chi connectivity index (χ1v) is 9.78. The fraction of sp³-hybridized carbons (Fsp3) is 0.333. The first kappa shape index (κ1) is 18.6. The molecular formula is C21H22ClN5O. The van der Waals surface area contributed by atoms with Crippen LogP contribution in [0.3, 0.4) is 0 Å². The molecule has 144 valence electrons. The summed E-state index contributed by atoms with van der Waals surface area (Å²) in [4.78, 5) is 26.0. The minimum absolute atomic E-state index is 0.147. The lowest BCUT2D eigenvalue weighted by Gasteiger charge is -2.13. The second-order valence-electron chi connectivity index (χ2n) is 7.51. The fourth-order valence-corrected chi connectivity index (χ4v) is 3.51. The van der Waals surface area contributed by atoms with E-state index in [1.807, 2.05) is 31.2 Å². The first-order valence-electron chi connectivity index (χ1n) is 9.40. The molecule has 6 nitrogen and oxygen atoms in total. The summed E-state index contributed by atoms with van der Waals surface area (Å²) >= 11 is 6.06. The number of pyridine rings is 1. The second kappa shape index (κ2) is 7.36. The van der Waals surface area contributed by atoms with Gasteiger partial charge in [-0.2, -0.15) is 0 Å². The number of fused-ring (bicyclic) bond motifs is 2. The first-order chi connectivity index (χ1) is 13.4. The summed E-state index contributed by atoms with van der Waals surface area (Å²) in [6.45, 7) is 7.55. The van der Waals surface area contributed by atoms with Crippen LogP contribution < -0.4 is 5.56 Å². The molecule has 0 amide bonds. The normalized spacial score (nSPS) is 11.8. The third-order valence-corrected chi connectivity index (χ3v) is 5.10. The molecule has 7 heteroatoms. The van der Waals surface area contributed by atoms with Crippen molar-refractivity contribution in [3.8, 4) is 0 Å². The molecule has 0 bridgehead atoms. The van der Waals surface area contributed by atoms with Crippen LogP contribution in [0.2, 0.25) is 5.15 Å². The fourth-order valence-electron chi connectivity index (χ4n) is 3.37. The molecule has 0 aliphatic carbocycles. The van der Waals surface area contributed by atoms with Gasteiger partial charge >= 0.3 is 0 Å². The highest BCUT2D eigenvalue weighted by Gasteiger charge is 2.15. The Labute approximate surface area is 167 Å². The summed E-state index contributed by atoms with van der Waals surface area (Å²) < 4.78 is 3.87. The molecule has 0 N–H and O–H groups in total. The maximum atomic E-state index is 12.6. The van der Waals surface area contributed by atoms with Crippen molar-refractivity contribution in [1.29, 1.82) is 0 Å². The number of hydrogen-bond donors (Lipinski definition) is 0. The molecule has 28 heavy (non-hydrogen) atoms. The molecule has 0 unspecified atom stereocenters. The number of rotatable bonds is 5. The maximum Gasteiger partial charge on any atom is 0.269 e. The van der Waals surface area contributed by atoms with Gasteiger partial charge in [0.05, 0.1) is 29.3 Å². The number of aromatic nitrogens is 5. The van der Waals surface area contributed by atoms with Gasteiger partial charge in [-0.05, 0) is 49.1 Å². The van der Waals surface area contributed by atoms with E-state index in [1.54, 1.807) is 10.6 Å². The van der Waals surface area contributed by atoms with Gasteiger partial charge in [-0.25, -0.2) is 15.0 Å². The van der Waals surface area contributed by atoms with Crippen LogP contribution in [0.1, 0.15) is 31.7 Å². The number of aryl methyl sites for hydroxylation is 2. The Kier molecular flexibility index (Phi) is 4.89. The molecule has 0 saturated carbocycles. The molecule has 1 aromatic carbocycles. The van der Waals surface area contributed by atoms with E-state index in [4.69, 9.17) is 16.6 Å². The van der Waals surface area contributed by atoms with Crippen molar-refractivity contribution < 1.29 is 0 Å². The minimum atomic E-state index is -0.147. The van der Waals surface area contributed by atoms with E-state index in [2.05, 4.69) is 28.4 Å². The molecule has 0 atom stereocenters. The van der Waals surface area contributed by atoms with Crippen LogP contribution in [0.4, 0.5) is 0 Å². The number of benzene rings is 1. The molecule has 0 spiro atoms. The van der Waals surface area contributed by atoms with Crippen molar-refractivity contribution in [3.05, 3.63) is 63.4 Å². The molecule has 0 aliphatic rings. The summed E-state index contributed by atoms with van der Waals surface area (Å²) in [5.74, 6) is 1.35. The van der Waals surface area contributed by atoms with E-state index in [9.17, 15) is 4.79 Å². The van der Waals surface area contributed by atoms with Crippen LogP contribution >= 0.6 is 11.6 Å². The molecule has 0 saturated heterocycles. The van der Waals surface area contributed by atoms with E-state index >= 15 is 0 Å². The van der Waals surface area contributed by atoms with Crippen LogP contribution in [0.5, 0.6) is 0 Å². The average Bonchev–Trinajstić information content (AvgIpc) is 2.98. The van der Waals surface area contributed by atoms with Gasteiger partial charge in [0, 0.05) is 6.54 Å². The predicted molar refractivity (Wildman–Crippen MR) is 112 cm³/mol. The largest absolute Gasteiger partial charge is 0.325 e. The minimum Gasteiger partial charge on any atom is -0.325 e. The third-order valence-electron chi connectivity index (χ3n) is 4.89. The number of hydrogen-bond acceptors (Lipinski definition) is 4. The summed E-state index contributed by atoms with van der Waals surface area (Å²) in [6, 6.07) is 9.63. The predicted octanol–water partition coefficient (Wildman–Crippen LogP) is 4.20. The summed E-state index contributed by atoms with van der Waals surface area (Å²) in [5.41, 5.74) is 4.07. The Morgan fingerprint density at radius 1 is 1.07 bits per heavy atom. The molecule has 0 radical (unpaired) electrons. The van der Waals surface area contributed by atoms with Gasteiger partial charge in [0.25, 0.3) is 5.56 Å². The van der Waals surface area contributed by atoms with E-state index < -0.39 is 0 Å². The topological polar surface area (TPSA) is 65.6 Å². The average molecular weight is 396 g/mol. The van der Waals surface area contributed by atoms with Crippen molar-refractivity contribution in [2.45, 2.75) is 40.3 Å². The molecular weight excluding hydrogens is 374 g/mol. The SMILES string of the molecule is Cc1ccc2ncc(=O)n(Cc3nc4nc(Cl)ccc4n3CCC(C)C)c2c1. The van der Waals surface area contributed by atoms with Crippen LogP contribution in [0.25, 0.3) is 22.2 Å². The quantitative estimate of drug-likeness (QED) is 0.475. The highest BCUT2D eigenvalue weighted by Crippen LogP contribution is 2.20. The Morgan fingerprint density at radius 2 is 1.89 bits per heavy atom. The van der Waals surface area contributed by atoms with Crippen LogP contribution in [0, 0.1) is 12.8 Å². The van der Waals surface area contributed by atoms with E-state index in [0.29, 0.717) is 23.3 Å². The standard InChI is InChI=1S/C21H22ClN5O/c1-13(2)8-9-26-16-6-7-18(22)24-21(16)25-19(26)12-27-17-10-14(3)4-5-15(17)23-11-20(27)28/h4-7,10-11,13H,8-9,12H2,1-3H3. The lowest BCUT2D eigenvalue weighted by atomic mass is 10.1. The van der Waals surface area contributed by atoms with E-state index in [1.165, 1.54) is 6.20 Å². The maximum absolute atomic E-state index is 12.6. The summed E-state index contributed by atoms with van der Waals surface area (Å²) in [7, 11) is 0. The van der Waals surface area contributed by atoms with Gasteiger partial charge < -0.3 is 4.57 Å². The van der Waals surface area contributed by atoms with Gasteiger partial charge in [-0.3, -0.25) is 9.36 Å². The molecule has 0 aliphatic heterocycles. The monoisotopic (exact) mass is 395 g/mol. The second-order valence-corrected chi connectivity index (χ2v) is 7.90. The van der Waals surface area contributed by atoms with Gasteiger partial charge in [0.1, 0.15) is 11.0 Å². The van der Waals surface area contributed by atoms with E-state index in [-0.39, 0.29) is 5.56 Å². The lowest BCUT2D eigenvalue weighted by molar-refractivity contribution is 0.507. The number of halogens is 1. The highest BCUT2D eigenvalue weighted by molar-refractivity contribution is 6.29. The highest BCUT2D eigenvalue weighted by atomic mass is 35.5. The Hall–Kier alpha value is -2.73. The van der Waals surface area contributed by atoms with Gasteiger partial charge in [0.2, 0.25) is 0 Å².